The van der Waals surface area contributed by atoms with Gasteiger partial charge in [0.25, 0.3) is 0 Å². The average molecular weight is 287 g/mol. The minimum Gasteiger partial charge on any atom is -0.353 e. The zero-order valence-corrected chi connectivity index (χ0v) is 12.1. The second-order valence-electron chi connectivity index (χ2n) is 4.85. The Bertz CT molecular complexity index is 407. The molecular formula is C13H19ClN2OS. The molecule has 1 fully saturated rings. The molecule has 2 N–H and O–H groups in total. The molecule has 2 rings (SSSR count). The monoisotopic (exact) mass is 286 g/mol. The number of hydrogen-bond donors (Lipinski definition) is 2. The van der Waals surface area contributed by atoms with E-state index in [1.165, 1.54) is 4.88 Å². The molecule has 1 aromatic rings. The van der Waals surface area contributed by atoms with E-state index in [1.54, 1.807) is 11.3 Å². The molecule has 0 aliphatic carbocycles. The first kappa shape index (κ1) is 13.8. The van der Waals surface area contributed by atoms with Gasteiger partial charge in [0, 0.05) is 17.3 Å². The number of hydrogen-bond acceptors (Lipinski definition) is 3. The number of thiophene rings is 1. The third-order valence-electron chi connectivity index (χ3n) is 3.36. The number of amides is 1. The van der Waals surface area contributed by atoms with E-state index in [9.17, 15) is 4.79 Å². The molecule has 100 valence electrons. The fourth-order valence-corrected chi connectivity index (χ4v) is 3.32. The lowest BCUT2D eigenvalue weighted by Crippen LogP contribution is -2.48. The molecule has 2 heterocycles. The number of nitrogens with one attached hydrogen (secondary N) is 2. The summed E-state index contributed by atoms with van der Waals surface area (Å²) in [6, 6.07) is 4.20. The summed E-state index contributed by atoms with van der Waals surface area (Å²) >= 11 is 7.41. The lowest BCUT2D eigenvalue weighted by atomic mass is 9.95. The van der Waals surface area contributed by atoms with E-state index in [1.807, 2.05) is 12.1 Å². The van der Waals surface area contributed by atoms with Crippen molar-refractivity contribution in [1.29, 1.82) is 0 Å². The van der Waals surface area contributed by atoms with Crippen LogP contribution in [0.4, 0.5) is 0 Å². The molecule has 1 aliphatic heterocycles. The van der Waals surface area contributed by atoms with Gasteiger partial charge in [-0.1, -0.05) is 18.5 Å². The van der Waals surface area contributed by atoms with Crippen molar-refractivity contribution < 1.29 is 4.79 Å². The van der Waals surface area contributed by atoms with Crippen LogP contribution in [0.2, 0.25) is 4.34 Å². The first-order valence-corrected chi connectivity index (χ1v) is 7.59. The van der Waals surface area contributed by atoms with Crippen LogP contribution in [-0.4, -0.2) is 25.0 Å². The largest absolute Gasteiger partial charge is 0.353 e. The summed E-state index contributed by atoms with van der Waals surface area (Å²) in [7, 11) is 0. The van der Waals surface area contributed by atoms with Crippen molar-refractivity contribution in [3.63, 3.8) is 0 Å². The number of halogens is 1. The van der Waals surface area contributed by atoms with E-state index in [0.717, 1.165) is 30.3 Å². The molecule has 0 bridgehead atoms. The van der Waals surface area contributed by atoms with Crippen molar-refractivity contribution in [2.45, 2.75) is 32.2 Å². The zero-order valence-electron chi connectivity index (χ0n) is 10.5. The van der Waals surface area contributed by atoms with Gasteiger partial charge in [-0.3, -0.25) is 4.79 Å². The zero-order chi connectivity index (χ0) is 13.0. The molecule has 0 aromatic carbocycles. The maximum absolute atomic E-state index is 11.9. The van der Waals surface area contributed by atoms with Crippen LogP contribution in [0, 0.1) is 5.92 Å². The van der Waals surface area contributed by atoms with Gasteiger partial charge in [-0.15, -0.1) is 11.3 Å². The SMILES string of the molecule is CC1CNCCC1NC(=O)CCc1ccc(Cl)s1. The standard InChI is InChI=1S/C13H19ClN2OS/c1-9-8-15-7-6-11(9)16-13(17)5-3-10-2-4-12(14)18-10/h2,4,9,11,15H,3,5-8H2,1H3,(H,16,17). The Labute approximate surface area is 117 Å². The Kier molecular flexibility index (Phi) is 5.03. The van der Waals surface area contributed by atoms with Crippen molar-refractivity contribution in [3.8, 4) is 0 Å². The van der Waals surface area contributed by atoms with Crippen LogP contribution in [0.15, 0.2) is 12.1 Å². The predicted octanol–water partition coefficient (Wildman–Crippen LogP) is 2.45. The van der Waals surface area contributed by atoms with Gasteiger partial charge in [-0.05, 0) is 44.0 Å². The van der Waals surface area contributed by atoms with Crippen LogP contribution in [0.3, 0.4) is 0 Å². The highest BCUT2D eigenvalue weighted by Gasteiger charge is 2.22. The highest BCUT2D eigenvalue weighted by Crippen LogP contribution is 2.22. The Hall–Kier alpha value is -0.580. The third kappa shape index (κ3) is 3.97. The summed E-state index contributed by atoms with van der Waals surface area (Å²) in [5.41, 5.74) is 0. The van der Waals surface area contributed by atoms with Gasteiger partial charge in [-0.25, -0.2) is 0 Å². The van der Waals surface area contributed by atoms with Crippen LogP contribution in [0.25, 0.3) is 0 Å². The number of carbonyl (C=O) groups excluding carboxylic acids is 1. The normalized spacial score (nSPS) is 23.9. The molecule has 2 atom stereocenters. The van der Waals surface area contributed by atoms with E-state index < -0.39 is 0 Å². The minimum absolute atomic E-state index is 0.151. The maximum Gasteiger partial charge on any atom is 0.220 e. The van der Waals surface area contributed by atoms with Gasteiger partial charge in [0.1, 0.15) is 0 Å². The maximum atomic E-state index is 11.9. The Morgan fingerprint density at radius 3 is 3.11 bits per heavy atom. The molecule has 1 aromatic heterocycles. The number of carbonyl (C=O) groups is 1. The lowest BCUT2D eigenvalue weighted by Gasteiger charge is -2.30. The van der Waals surface area contributed by atoms with Crippen LogP contribution >= 0.6 is 22.9 Å². The smallest absolute Gasteiger partial charge is 0.220 e. The molecule has 18 heavy (non-hydrogen) atoms. The third-order valence-corrected chi connectivity index (χ3v) is 4.65. The van der Waals surface area contributed by atoms with Gasteiger partial charge in [0.2, 0.25) is 5.91 Å². The Morgan fingerprint density at radius 2 is 2.44 bits per heavy atom. The topological polar surface area (TPSA) is 41.1 Å². The highest BCUT2D eigenvalue weighted by atomic mass is 35.5. The minimum atomic E-state index is 0.151. The van der Waals surface area contributed by atoms with Crippen LogP contribution in [0.1, 0.15) is 24.6 Å². The number of piperidine rings is 1. The van der Waals surface area contributed by atoms with Gasteiger partial charge in [0.15, 0.2) is 0 Å². The highest BCUT2D eigenvalue weighted by molar-refractivity contribution is 7.16. The summed E-state index contributed by atoms with van der Waals surface area (Å²) < 4.78 is 0.789. The van der Waals surface area contributed by atoms with Gasteiger partial charge < -0.3 is 10.6 Å². The van der Waals surface area contributed by atoms with Crippen molar-refractivity contribution >= 4 is 28.8 Å². The summed E-state index contributed by atoms with van der Waals surface area (Å²) in [6.45, 7) is 4.16. The molecule has 1 aliphatic rings. The first-order valence-electron chi connectivity index (χ1n) is 6.39. The summed E-state index contributed by atoms with van der Waals surface area (Å²) in [6.07, 6.45) is 2.35. The Balaban J connectivity index is 1.74. The van der Waals surface area contributed by atoms with E-state index >= 15 is 0 Å². The fraction of sp³-hybridized carbons (Fsp3) is 0.615. The average Bonchev–Trinajstić information content (AvgIpc) is 2.76. The van der Waals surface area contributed by atoms with Crippen LogP contribution in [0.5, 0.6) is 0 Å². The Morgan fingerprint density at radius 1 is 1.61 bits per heavy atom. The quantitative estimate of drug-likeness (QED) is 0.893. The number of aryl methyl sites for hydroxylation is 1. The van der Waals surface area contributed by atoms with Gasteiger partial charge >= 0.3 is 0 Å². The van der Waals surface area contributed by atoms with Crippen molar-refractivity contribution in [1.82, 2.24) is 10.6 Å². The van der Waals surface area contributed by atoms with Gasteiger partial charge in [0.05, 0.1) is 4.34 Å². The fourth-order valence-electron chi connectivity index (χ4n) is 2.23. The molecular weight excluding hydrogens is 268 g/mol. The van der Waals surface area contributed by atoms with Crippen LogP contribution in [-0.2, 0) is 11.2 Å². The second kappa shape index (κ2) is 6.55. The van der Waals surface area contributed by atoms with E-state index in [0.29, 0.717) is 18.4 Å². The summed E-state index contributed by atoms with van der Waals surface area (Å²) in [5, 5.41) is 6.47. The molecule has 3 nitrogen and oxygen atoms in total. The molecule has 5 heteroatoms. The first-order chi connectivity index (χ1) is 8.65. The molecule has 0 saturated carbocycles. The van der Waals surface area contributed by atoms with Crippen molar-refractivity contribution in [2.24, 2.45) is 5.92 Å². The molecule has 0 radical (unpaired) electrons. The lowest BCUT2D eigenvalue weighted by molar-refractivity contribution is -0.122. The molecule has 2 unspecified atom stereocenters. The molecule has 0 spiro atoms. The van der Waals surface area contributed by atoms with Gasteiger partial charge in [-0.2, -0.15) is 0 Å². The summed E-state index contributed by atoms with van der Waals surface area (Å²) in [4.78, 5) is 13.1. The van der Waals surface area contributed by atoms with E-state index in [-0.39, 0.29) is 5.91 Å². The van der Waals surface area contributed by atoms with Crippen molar-refractivity contribution in [2.75, 3.05) is 13.1 Å². The van der Waals surface area contributed by atoms with E-state index in [2.05, 4.69) is 17.6 Å². The molecule has 1 saturated heterocycles. The van der Waals surface area contributed by atoms with E-state index in [4.69, 9.17) is 11.6 Å². The summed E-state index contributed by atoms with van der Waals surface area (Å²) in [5.74, 6) is 0.664. The second-order valence-corrected chi connectivity index (χ2v) is 6.65. The van der Waals surface area contributed by atoms with Crippen molar-refractivity contribution in [3.05, 3.63) is 21.3 Å². The predicted molar refractivity (Wildman–Crippen MR) is 76.2 cm³/mol. The molecule has 1 amide bonds. The van der Waals surface area contributed by atoms with Crippen LogP contribution < -0.4 is 10.6 Å². The number of rotatable bonds is 4.